The normalized spacial score (nSPS) is 17.3. The van der Waals surface area contributed by atoms with Gasteiger partial charge in [-0.15, -0.1) is 0 Å². The molecule has 7 nitrogen and oxygen atoms in total. The van der Waals surface area contributed by atoms with Crippen molar-refractivity contribution in [2.75, 3.05) is 39.4 Å². The highest BCUT2D eigenvalue weighted by atomic mass is 16.5. The van der Waals surface area contributed by atoms with Crippen LogP contribution in [0, 0.1) is 0 Å². The Labute approximate surface area is 237 Å². The van der Waals surface area contributed by atoms with Gasteiger partial charge in [-0.25, -0.2) is 0 Å². The number of carbonyl (C=O) groups is 1. The van der Waals surface area contributed by atoms with Crippen molar-refractivity contribution in [2.45, 2.75) is 12.6 Å². The van der Waals surface area contributed by atoms with Crippen LogP contribution in [0.2, 0.25) is 0 Å². The Morgan fingerprint density at radius 2 is 1.61 bits per heavy atom. The lowest BCUT2D eigenvalue weighted by Crippen LogP contribution is -2.42. The maximum absolute atomic E-state index is 14.1. The summed E-state index contributed by atoms with van der Waals surface area (Å²) in [5, 5.41) is 2.25. The molecule has 5 aromatic rings. The van der Waals surface area contributed by atoms with E-state index in [1.807, 2.05) is 84.9 Å². The molecule has 1 saturated heterocycles. The SMILES string of the molecule is O=C1c2oc3c(ccc4ccccc43)c(=O)c2C(c2cccc(OCc3ccccc3)c2)N1CCN1CCOCC1. The molecule has 1 aromatic heterocycles. The first kappa shape index (κ1) is 25.5. The van der Waals surface area contributed by atoms with Crippen molar-refractivity contribution in [3.63, 3.8) is 0 Å². The van der Waals surface area contributed by atoms with Gasteiger partial charge in [0.15, 0.2) is 5.43 Å². The van der Waals surface area contributed by atoms with Crippen LogP contribution in [-0.4, -0.2) is 55.1 Å². The summed E-state index contributed by atoms with van der Waals surface area (Å²) in [5.74, 6) is 0.541. The van der Waals surface area contributed by atoms with Crippen LogP contribution in [0.3, 0.4) is 0 Å². The molecule has 3 heterocycles. The summed E-state index contributed by atoms with van der Waals surface area (Å²) in [6, 6.07) is 28.6. The van der Waals surface area contributed by atoms with Gasteiger partial charge in [0.05, 0.1) is 30.2 Å². The molecule has 2 aliphatic heterocycles. The largest absolute Gasteiger partial charge is 0.489 e. The Hall–Kier alpha value is -4.46. The van der Waals surface area contributed by atoms with Gasteiger partial charge in [0.1, 0.15) is 17.9 Å². The number of hydrogen-bond donors (Lipinski definition) is 0. The van der Waals surface area contributed by atoms with Crippen LogP contribution in [-0.2, 0) is 11.3 Å². The van der Waals surface area contributed by atoms with E-state index in [0.717, 1.165) is 35.0 Å². The summed E-state index contributed by atoms with van der Waals surface area (Å²) >= 11 is 0. The molecular weight excluding hydrogens is 516 g/mol. The number of morpholine rings is 1. The van der Waals surface area contributed by atoms with Gasteiger partial charge in [-0.2, -0.15) is 0 Å². The molecule has 0 N–H and O–H groups in total. The van der Waals surface area contributed by atoms with Crippen LogP contribution in [0.25, 0.3) is 21.7 Å². The topological polar surface area (TPSA) is 72.2 Å². The Balaban J connectivity index is 1.31. The van der Waals surface area contributed by atoms with Gasteiger partial charge in [0, 0.05) is 31.6 Å². The van der Waals surface area contributed by atoms with Crippen molar-refractivity contribution in [3.05, 3.63) is 124 Å². The predicted octanol–water partition coefficient (Wildman–Crippen LogP) is 5.40. The van der Waals surface area contributed by atoms with Crippen LogP contribution in [0.4, 0.5) is 0 Å². The van der Waals surface area contributed by atoms with E-state index >= 15 is 0 Å². The number of amides is 1. The number of nitrogens with zero attached hydrogens (tertiary/aromatic N) is 2. The third-order valence-corrected chi connectivity index (χ3v) is 8.04. The molecule has 2 aliphatic rings. The molecule has 0 saturated carbocycles. The second-order valence-electron chi connectivity index (χ2n) is 10.5. The monoisotopic (exact) mass is 546 g/mol. The number of hydrogen-bond acceptors (Lipinski definition) is 6. The molecule has 0 radical (unpaired) electrons. The van der Waals surface area contributed by atoms with Crippen molar-refractivity contribution in [2.24, 2.45) is 0 Å². The van der Waals surface area contributed by atoms with Crippen molar-refractivity contribution < 1.29 is 18.7 Å². The van der Waals surface area contributed by atoms with Gasteiger partial charge >= 0.3 is 0 Å². The van der Waals surface area contributed by atoms with E-state index in [4.69, 9.17) is 13.9 Å². The lowest BCUT2D eigenvalue weighted by molar-refractivity contribution is 0.0314. The summed E-state index contributed by atoms with van der Waals surface area (Å²) in [6.45, 7) is 4.55. The molecule has 0 aliphatic carbocycles. The molecule has 1 atom stereocenters. The minimum absolute atomic E-state index is 0.126. The van der Waals surface area contributed by atoms with Crippen molar-refractivity contribution in [3.8, 4) is 5.75 Å². The number of ether oxygens (including phenoxy) is 2. The minimum Gasteiger partial charge on any atom is -0.489 e. The fourth-order valence-electron chi connectivity index (χ4n) is 5.91. The number of fused-ring (bicyclic) bond motifs is 4. The van der Waals surface area contributed by atoms with E-state index in [0.29, 0.717) is 55.2 Å². The second-order valence-corrected chi connectivity index (χ2v) is 10.5. The van der Waals surface area contributed by atoms with Crippen LogP contribution in [0.5, 0.6) is 5.75 Å². The zero-order chi connectivity index (χ0) is 27.8. The molecule has 0 bridgehead atoms. The van der Waals surface area contributed by atoms with E-state index < -0.39 is 6.04 Å². The smallest absolute Gasteiger partial charge is 0.290 e. The Morgan fingerprint density at radius 1 is 0.805 bits per heavy atom. The highest BCUT2D eigenvalue weighted by Crippen LogP contribution is 2.40. The zero-order valence-corrected chi connectivity index (χ0v) is 22.6. The first-order valence-corrected chi connectivity index (χ1v) is 14.0. The Kier molecular flexibility index (Phi) is 6.74. The lowest BCUT2D eigenvalue weighted by Gasteiger charge is -2.31. The zero-order valence-electron chi connectivity index (χ0n) is 22.6. The average molecular weight is 547 g/mol. The molecule has 41 heavy (non-hydrogen) atoms. The summed E-state index contributed by atoms with van der Waals surface area (Å²) in [5.41, 5.74) is 2.55. The lowest BCUT2D eigenvalue weighted by atomic mass is 9.97. The fourth-order valence-corrected chi connectivity index (χ4v) is 5.91. The van der Waals surface area contributed by atoms with Gasteiger partial charge in [-0.05, 0) is 34.7 Å². The van der Waals surface area contributed by atoms with Crippen molar-refractivity contribution >= 4 is 27.6 Å². The molecule has 1 fully saturated rings. The van der Waals surface area contributed by atoms with Gasteiger partial charge in [-0.3, -0.25) is 14.5 Å². The average Bonchev–Trinajstić information content (AvgIpc) is 3.31. The molecular formula is C34H30N2O5. The van der Waals surface area contributed by atoms with Crippen LogP contribution in [0.15, 0.2) is 100 Å². The second kappa shape index (κ2) is 10.8. The molecule has 7 rings (SSSR count). The third-order valence-electron chi connectivity index (χ3n) is 8.04. The Bertz CT molecular complexity index is 1790. The van der Waals surface area contributed by atoms with Gasteiger partial charge < -0.3 is 18.8 Å². The number of rotatable bonds is 7. The summed E-state index contributed by atoms with van der Waals surface area (Å²) in [7, 11) is 0. The summed E-state index contributed by atoms with van der Waals surface area (Å²) in [4.78, 5) is 32.2. The summed E-state index contributed by atoms with van der Waals surface area (Å²) in [6.07, 6.45) is 0. The van der Waals surface area contributed by atoms with Gasteiger partial charge in [0.2, 0.25) is 5.76 Å². The molecule has 4 aromatic carbocycles. The first-order chi connectivity index (χ1) is 20.2. The van der Waals surface area contributed by atoms with Crippen LogP contribution >= 0.6 is 0 Å². The Morgan fingerprint density at radius 3 is 2.46 bits per heavy atom. The number of carbonyl (C=O) groups excluding carboxylic acids is 1. The van der Waals surface area contributed by atoms with E-state index in [1.54, 1.807) is 11.0 Å². The van der Waals surface area contributed by atoms with Crippen molar-refractivity contribution in [1.29, 1.82) is 0 Å². The maximum Gasteiger partial charge on any atom is 0.290 e. The quantitative estimate of drug-likeness (QED) is 0.255. The highest BCUT2D eigenvalue weighted by Gasteiger charge is 2.43. The standard InChI is InChI=1S/C34H30N2O5/c37-31-28-14-13-24-9-4-5-12-27(24)32(28)41-33-29(31)30(36(34(33)38)16-15-35-17-19-39-20-18-35)25-10-6-11-26(21-25)40-22-23-7-2-1-3-8-23/h1-14,21,30H,15-20,22H2. The molecule has 7 heteroatoms. The van der Waals surface area contributed by atoms with E-state index in [1.165, 1.54) is 0 Å². The third kappa shape index (κ3) is 4.77. The van der Waals surface area contributed by atoms with E-state index in [9.17, 15) is 9.59 Å². The molecule has 1 amide bonds. The van der Waals surface area contributed by atoms with E-state index in [2.05, 4.69) is 4.90 Å². The number of benzene rings is 4. The minimum atomic E-state index is -0.578. The maximum atomic E-state index is 14.1. The van der Waals surface area contributed by atoms with Crippen LogP contribution in [0.1, 0.15) is 33.3 Å². The molecule has 206 valence electrons. The molecule has 1 unspecified atom stereocenters. The predicted molar refractivity (Wildman–Crippen MR) is 157 cm³/mol. The molecule has 0 spiro atoms. The first-order valence-electron chi connectivity index (χ1n) is 14.0. The van der Waals surface area contributed by atoms with Crippen molar-refractivity contribution in [1.82, 2.24) is 9.80 Å². The fraction of sp³-hybridized carbons (Fsp3) is 0.235. The van der Waals surface area contributed by atoms with E-state index in [-0.39, 0.29) is 17.1 Å². The highest BCUT2D eigenvalue weighted by molar-refractivity contribution is 6.06. The summed E-state index contributed by atoms with van der Waals surface area (Å²) < 4.78 is 18.0. The van der Waals surface area contributed by atoms with Gasteiger partial charge in [0.25, 0.3) is 5.91 Å². The van der Waals surface area contributed by atoms with Crippen LogP contribution < -0.4 is 10.2 Å². The van der Waals surface area contributed by atoms with Gasteiger partial charge in [-0.1, -0.05) is 72.8 Å².